The van der Waals surface area contributed by atoms with E-state index in [-0.39, 0.29) is 28.5 Å². The first-order chi connectivity index (χ1) is 21.5. The third-order valence-electron chi connectivity index (χ3n) is 7.20. The molecule has 0 saturated heterocycles. The lowest BCUT2D eigenvalue weighted by Gasteiger charge is -2.17. The lowest BCUT2D eigenvalue weighted by molar-refractivity contribution is -0.123. The topological polar surface area (TPSA) is 140 Å². The predicted octanol–water partition coefficient (Wildman–Crippen LogP) is 5.86. The van der Waals surface area contributed by atoms with Crippen molar-refractivity contribution in [3.05, 3.63) is 66.8 Å². The maximum absolute atomic E-state index is 16.2. The van der Waals surface area contributed by atoms with E-state index in [0.29, 0.717) is 51.3 Å². The van der Waals surface area contributed by atoms with Crippen LogP contribution in [0.15, 0.2) is 55.1 Å². The second kappa shape index (κ2) is 11.7. The minimum absolute atomic E-state index is 0.0356. The first-order valence-corrected chi connectivity index (χ1v) is 14.3. The van der Waals surface area contributed by atoms with Crippen LogP contribution < -0.4 is 10.6 Å². The molecule has 0 saturated carbocycles. The Kier molecular flexibility index (Phi) is 7.71. The maximum Gasteiger partial charge on any atom is 0.229 e. The average molecular weight is 611 g/mol. The van der Waals surface area contributed by atoms with Crippen LogP contribution in [0.4, 0.5) is 20.2 Å². The van der Waals surface area contributed by atoms with Gasteiger partial charge in [0, 0.05) is 47.7 Å². The monoisotopic (exact) mass is 610 g/mol. The maximum atomic E-state index is 16.2. The normalized spacial score (nSPS) is 11.9. The smallest absolute Gasteiger partial charge is 0.229 e. The number of halogens is 2. The van der Waals surface area contributed by atoms with Gasteiger partial charge in [0.05, 0.1) is 29.0 Å². The van der Waals surface area contributed by atoms with Gasteiger partial charge in [-0.3, -0.25) is 19.9 Å². The number of amides is 1. The van der Waals surface area contributed by atoms with Gasteiger partial charge in [-0.2, -0.15) is 5.10 Å². The van der Waals surface area contributed by atoms with Crippen molar-refractivity contribution in [1.82, 2.24) is 40.0 Å². The van der Waals surface area contributed by atoms with E-state index in [4.69, 9.17) is 4.98 Å². The van der Waals surface area contributed by atoms with Crippen LogP contribution in [0.2, 0.25) is 0 Å². The average Bonchev–Trinajstić information content (AvgIpc) is 3.61. The first kappa shape index (κ1) is 29.8. The largest absolute Gasteiger partial charge is 0.384 e. The summed E-state index contributed by atoms with van der Waals surface area (Å²) in [4.78, 5) is 35.3. The minimum Gasteiger partial charge on any atom is -0.384 e. The quantitative estimate of drug-likeness (QED) is 0.168. The number of carbonyl (C=O) groups excluding carboxylic acids is 1. The van der Waals surface area contributed by atoms with E-state index in [0.717, 1.165) is 6.54 Å². The van der Waals surface area contributed by atoms with Gasteiger partial charge in [0.25, 0.3) is 0 Å². The van der Waals surface area contributed by atoms with Crippen molar-refractivity contribution in [1.29, 1.82) is 0 Å². The summed E-state index contributed by atoms with van der Waals surface area (Å²) in [5.74, 6) is -0.949. The number of fused-ring (bicyclic) bond motifs is 2. The van der Waals surface area contributed by atoms with Crippen molar-refractivity contribution in [2.24, 2.45) is 5.41 Å². The molecule has 1 aromatic carbocycles. The van der Waals surface area contributed by atoms with Crippen molar-refractivity contribution in [2.45, 2.75) is 20.8 Å². The van der Waals surface area contributed by atoms with Gasteiger partial charge in [0.1, 0.15) is 22.7 Å². The summed E-state index contributed by atoms with van der Waals surface area (Å²) in [6, 6.07) is 8.12. The molecule has 230 valence electrons. The number of hydrogen-bond acceptors (Lipinski definition) is 8. The molecule has 0 unspecified atom stereocenters. The van der Waals surface area contributed by atoms with E-state index in [1.54, 1.807) is 39.1 Å². The number of rotatable bonds is 8. The number of benzene rings is 1. The number of likely N-dealkylation sites (N-methyl/N-ethyl adjacent to an activating group) is 1. The van der Waals surface area contributed by atoms with Gasteiger partial charge < -0.3 is 20.5 Å². The van der Waals surface area contributed by atoms with Crippen LogP contribution in [0.5, 0.6) is 0 Å². The molecule has 0 aliphatic rings. The Hall–Kier alpha value is -5.30. The van der Waals surface area contributed by atoms with Crippen LogP contribution in [0.25, 0.3) is 56.0 Å². The Morgan fingerprint density at radius 1 is 0.978 bits per heavy atom. The van der Waals surface area contributed by atoms with Gasteiger partial charge in [-0.25, -0.2) is 18.7 Å². The van der Waals surface area contributed by atoms with E-state index in [1.165, 1.54) is 30.7 Å². The highest BCUT2D eigenvalue weighted by Crippen LogP contribution is 2.35. The predicted molar refractivity (Wildman–Crippen MR) is 170 cm³/mol. The summed E-state index contributed by atoms with van der Waals surface area (Å²) in [7, 11) is 3.94. The molecule has 0 radical (unpaired) electrons. The number of hydrogen-bond donors (Lipinski definition) is 4. The molecule has 5 aromatic heterocycles. The second-order valence-electron chi connectivity index (χ2n) is 12.0. The molecule has 0 bridgehead atoms. The minimum atomic E-state index is -0.635. The number of anilines is 2. The van der Waals surface area contributed by atoms with E-state index in [9.17, 15) is 9.18 Å². The Balaban J connectivity index is 1.38. The summed E-state index contributed by atoms with van der Waals surface area (Å²) < 4.78 is 30.9. The molecule has 0 atom stereocenters. The zero-order chi connectivity index (χ0) is 31.9. The summed E-state index contributed by atoms with van der Waals surface area (Å²) >= 11 is 0. The van der Waals surface area contributed by atoms with E-state index in [2.05, 4.69) is 40.8 Å². The number of nitrogens with one attached hydrogen (secondary N) is 4. The van der Waals surface area contributed by atoms with Crippen molar-refractivity contribution in [3.8, 4) is 33.9 Å². The molecule has 0 fully saturated rings. The van der Waals surface area contributed by atoms with Gasteiger partial charge in [-0.05, 0) is 50.0 Å². The summed E-state index contributed by atoms with van der Waals surface area (Å²) in [5.41, 5.74) is 3.63. The zero-order valence-electron chi connectivity index (χ0n) is 25.5. The molecule has 4 N–H and O–H groups in total. The molecule has 0 spiro atoms. The fourth-order valence-electron chi connectivity index (χ4n) is 4.83. The molecule has 6 rings (SSSR count). The van der Waals surface area contributed by atoms with Gasteiger partial charge in [-0.1, -0.05) is 20.8 Å². The number of imidazole rings is 1. The Morgan fingerprint density at radius 3 is 2.56 bits per heavy atom. The third-order valence-corrected chi connectivity index (χ3v) is 7.20. The Bertz CT molecular complexity index is 2040. The van der Waals surface area contributed by atoms with Crippen LogP contribution in [0.3, 0.4) is 0 Å². The molecular weight excluding hydrogens is 578 g/mol. The van der Waals surface area contributed by atoms with E-state index >= 15 is 4.39 Å². The molecule has 13 heteroatoms. The van der Waals surface area contributed by atoms with Crippen LogP contribution in [0.1, 0.15) is 20.8 Å². The number of aromatic amines is 2. The van der Waals surface area contributed by atoms with E-state index < -0.39 is 17.0 Å². The van der Waals surface area contributed by atoms with Crippen molar-refractivity contribution >= 4 is 39.3 Å². The standard InChI is InChI=1S/C32H32F2N10O/c1-32(2,3)31(45)39-21-12-18(14-35-15-21)26-25(34)24-23(16-38-26)42-43-28(24)30-40-27-22(6-7-37-29(27)41-30)17-10-19(33)13-20(11-17)36-8-9-44(4)5/h6-7,10-16,36H,8-9H2,1-5H3,(H,39,45)(H,42,43)(H,37,40,41). The second-order valence-corrected chi connectivity index (χ2v) is 12.0. The van der Waals surface area contributed by atoms with Gasteiger partial charge >= 0.3 is 0 Å². The van der Waals surface area contributed by atoms with E-state index in [1.807, 2.05) is 25.1 Å². The molecule has 6 aromatic rings. The molecule has 1 amide bonds. The summed E-state index contributed by atoms with van der Waals surface area (Å²) in [6.45, 7) is 6.83. The highest BCUT2D eigenvalue weighted by molar-refractivity contribution is 5.98. The van der Waals surface area contributed by atoms with Gasteiger partial charge in [0.15, 0.2) is 17.3 Å². The third kappa shape index (κ3) is 6.07. The van der Waals surface area contributed by atoms with Gasteiger partial charge in [0.2, 0.25) is 5.91 Å². The molecule has 45 heavy (non-hydrogen) atoms. The van der Waals surface area contributed by atoms with Crippen LogP contribution in [-0.4, -0.2) is 73.1 Å². The number of nitrogens with zero attached hydrogens (tertiary/aromatic N) is 6. The Morgan fingerprint density at radius 2 is 1.78 bits per heavy atom. The SMILES string of the molecule is CN(C)CCNc1cc(F)cc(-c2ccnc3[nH]c(-c4n[nH]c5cnc(-c6cncc(NC(=O)C(C)(C)C)c6)c(F)c45)nc23)c1. The molecule has 0 aliphatic heterocycles. The molecular formula is C32H32F2N10O. The highest BCUT2D eigenvalue weighted by atomic mass is 19.1. The molecule has 11 nitrogen and oxygen atoms in total. The lowest BCUT2D eigenvalue weighted by atomic mass is 9.95. The molecule has 0 aliphatic carbocycles. The summed E-state index contributed by atoms with van der Waals surface area (Å²) in [6.07, 6.45) is 6.05. The number of carbonyl (C=O) groups is 1. The van der Waals surface area contributed by atoms with Crippen LogP contribution in [-0.2, 0) is 4.79 Å². The number of pyridine rings is 3. The summed E-state index contributed by atoms with van der Waals surface area (Å²) in [5, 5.41) is 13.4. The Labute approximate surface area is 257 Å². The molecule has 5 heterocycles. The van der Waals surface area contributed by atoms with Crippen LogP contribution >= 0.6 is 0 Å². The van der Waals surface area contributed by atoms with Gasteiger partial charge in [-0.15, -0.1) is 0 Å². The highest BCUT2D eigenvalue weighted by Gasteiger charge is 2.24. The van der Waals surface area contributed by atoms with Crippen molar-refractivity contribution in [2.75, 3.05) is 37.8 Å². The fraction of sp³-hybridized carbons (Fsp3) is 0.250. The van der Waals surface area contributed by atoms with Crippen molar-refractivity contribution < 1.29 is 13.6 Å². The zero-order valence-corrected chi connectivity index (χ0v) is 25.5. The fourth-order valence-corrected chi connectivity index (χ4v) is 4.83. The van der Waals surface area contributed by atoms with Crippen LogP contribution in [0, 0.1) is 17.0 Å². The first-order valence-electron chi connectivity index (χ1n) is 14.3. The lowest BCUT2D eigenvalue weighted by Crippen LogP contribution is -2.27. The number of H-pyrrole nitrogens is 2. The number of aromatic nitrogens is 7. The van der Waals surface area contributed by atoms with Crippen molar-refractivity contribution in [3.63, 3.8) is 0 Å².